The predicted molar refractivity (Wildman–Crippen MR) is 81.2 cm³/mol. The van der Waals surface area contributed by atoms with Gasteiger partial charge in [-0.3, -0.25) is 10.2 Å². The minimum atomic E-state index is -0.192. The van der Waals surface area contributed by atoms with Gasteiger partial charge in [-0.15, -0.1) is 0 Å². The number of nitrogens with zero attached hydrogens (tertiary/aromatic N) is 1. The average molecular weight is 293 g/mol. The Morgan fingerprint density at radius 1 is 1.30 bits per heavy atom. The maximum atomic E-state index is 12.0. The van der Waals surface area contributed by atoms with E-state index in [1.165, 1.54) is 6.21 Å². The SMILES string of the molecule is CC1(C)CC(=O)C(/C=N/Nc2ccc(Cl)cc2)=C(O)C1. The van der Waals surface area contributed by atoms with Crippen molar-refractivity contribution in [2.45, 2.75) is 26.7 Å². The van der Waals surface area contributed by atoms with E-state index >= 15 is 0 Å². The molecule has 1 aromatic carbocycles. The van der Waals surface area contributed by atoms with Gasteiger partial charge in [-0.2, -0.15) is 5.10 Å². The van der Waals surface area contributed by atoms with E-state index < -0.39 is 0 Å². The van der Waals surface area contributed by atoms with Crippen molar-refractivity contribution in [1.29, 1.82) is 0 Å². The van der Waals surface area contributed by atoms with E-state index in [1.54, 1.807) is 24.3 Å². The molecule has 20 heavy (non-hydrogen) atoms. The van der Waals surface area contributed by atoms with Gasteiger partial charge in [0.25, 0.3) is 0 Å². The minimum absolute atomic E-state index is 0.0830. The molecule has 1 aromatic rings. The Morgan fingerprint density at radius 3 is 2.55 bits per heavy atom. The Kier molecular flexibility index (Phi) is 4.14. The van der Waals surface area contributed by atoms with Crippen molar-refractivity contribution in [2.75, 3.05) is 5.43 Å². The summed E-state index contributed by atoms with van der Waals surface area (Å²) in [6.45, 7) is 3.92. The lowest BCUT2D eigenvalue weighted by Gasteiger charge is -2.28. The van der Waals surface area contributed by atoms with Crippen LogP contribution >= 0.6 is 11.6 Å². The minimum Gasteiger partial charge on any atom is -0.511 e. The zero-order valence-corrected chi connectivity index (χ0v) is 12.2. The maximum absolute atomic E-state index is 12.0. The standard InChI is InChI=1S/C15H17ClN2O2/c1-15(2)7-13(19)12(14(20)8-15)9-17-18-11-5-3-10(16)4-6-11/h3-6,9,18-19H,7-8H2,1-2H3/b17-9+. The third kappa shape index (κ3) is 3.61. The highest BCUT2D eigenvalue weighted by atomic mass is 35.5. The van der Waals surface area contributed by atoms with Gasteiger partial charge in [0.05, 0.1) is 17.5 Å². The number of aliphatic hydroxyl groups is 1. The lowest BCUT2D eigenvalue weighted by molar-refractivity contribution is -0.117. The van der Waals surface area contributed by atoms with E-state index in [1.807, 2.05) is 13.8 Å². The maximum Gasteiger partial charge on any atom is 0.168 e. The number of hydrazone groups is 1. The molecule has 4 nitrogen and oxygen atoms in total. The van der Waals surface area contributed by atoms with Gasteiger partial charge in [0.1, 0.15) is 5.76 Å². The quantitative estimate of drug-likeness (QED) is 0.655. The van der Waals surface area contributed by atoms with Crippen LogP contribution in [0.15, 0.2) is 40.7 Å². The first kappa shape index (κ1) is 14.6. The molecule has 0 unspecified atom stereocenters. The number of Topliss-reactive ketones (excluding diaryl/α,β-unsaturated/α-hetero) is 1. The Labute approximate surface area is 123 Å². The van der Waals surface area contributed by atoms with E-state index in [2.05, 4.69) is 10.5 Å². The number of hydrogen-bond acceptors (Lipinski definition) is 4. The number of allylic oxidation sites excluding steroid dienone is 2. The van der Waals surface area contributed by atoms with Gasteiger partial charge in [0.15, 0.2) is 5.78 Å². The number of halogens is 1. The number of carbonyl (C=O) groups is 1. The normalized spacial score (nSPS) is 18.6. The molecule has 0 bridgehead atoms. The van der Waals surface area contributed by atoms with Gasteiger partial charge in [-0.1, -0.05) is 25.4 Å². The molecular weight excluding hydrogens is 276 g/mol. The van der Waals surface area contributed by atoms with Crippen molar-refractivity contribution in [2.24, 2.45) is 10.5 Å². The van der Waals surface area contributed by atoms with Crippen LogP contribution in [0.4, 0.5) is 5.69 Å². The van der Waals surface area contributed by atoms with Crippen LogP contribution in [-0.2, 0) is 4.79 Å². The Bertz CT molecular complexity index is 574. The molecule has 1 aliphatic carbocycles. The van der Waals surface area contributed by atoms with Crippen molar-refractivity contribution in [1.82, 2.24) is 0 Å². The van der Waals surface area contributed by atoms with Crippen LogP contribution in [0.2, 0.25) is 5.02 Å². The van der Waals surface area contributed by atoms with Gasteiger partial charge < -0.3 is 5.11 Å². The fourth-order valence-corrected chi connectivity index (χ4v) is 2.27. The fraction of sp³-hybridized carbons (Fsp3) is 0.333. The van der Waals surface area contributed by atoms with Crippen molar-refractivity contribution in [3.05, 3.63) is 40.6 Å². The molecule has 1 aliphatic rings. The first-order chi connectivity index (χ1) is 9.37. The summed E-state index contributed by atoms with van der Waals surface area (Å²) in [5.74, 6) is 0.0216. The predicted octanol–water partition coefficient (Wildman–Crippen LogP) is 3.94. The van der Waals surface area contributed by atoms with Crippen LogP contribution in [0.25, 0.3) is 0 Å². The third-order valence-corrected chi connectivity index (χ3v) is 3.38. The molecule has 0 atom stereocenters. The second kappa shape index (κ2) is 5.67. The lowest BCUT2D eigenvalue weighted by atomic mass is 9.77. The Balaban J connectivity index is 2.07. The van der Waals surface area contributed by atoms with Crippen molar-refractivity contribution < 1.29 is 9.90 Å². The van der Waals surface area contributed by atoms with Crippen molar-refractivity contribution in [3.8, 4) is 0 Å². The summed E-state index contributed by atoms with van der Waals surface area (Å²) in [7, 11) is 0. The van der Waals surface area contributed by atoms with Crippen LogP contribution < -0.4 is 5.43 Å². The summed E-state index contributed by atoms with van der Waals surface area (Å²) in [6, 6.07) is 7.04. The molecule has 0 saturated heterocycles. The lowest BCUT2D eigenvalue weighted by Crippen LogP contribution is -2.26. The van der Waals surface area contributed by atoms with Gasteiger partial charge >= 0.3 is 0 Å². The average Bonchev–Trinajstić information content (AvgIpc) is 2.33. The molecule has 0 fully saturated rings. The number of nitrogens with one attached hydrogen (secondary N) is 1. The number of ketones is 1. The van der Waals surface area contributed by atoms with Crippen LogP contribution in [0.3, 0.4) is 0 Å². The van der Waals surface area contributed by atoms with Gasteiger partial charge in [-0.25, -0.2) is 0 Å². The molecular formula is C15H17ClN2O2. The summed E-state index contributed by atoms with van der Waals surface area (Å²) in [4.78, 5) is 12.0. The molecule has 2 rings (SSSR count). The second-order valence-electron chi connectivity index (χ2n) is 5.68. The van der Waals surface area contributed by atoms with E-state index in [0.717, 1.165) is 5.69 Å². The molecule has 0 radical (unpaired) electrons. The van der Waals surface area contributed by atoms with E-state index in [4.69, 9.17) is 11.6 Å². The molecule has 5 heteroatoms. The Hall–Kier alpha value is -1.81. The molecule has 0 aliphatic heterocycles. The zero-order valence-electron chi connectivity index (χ0n) is 11.5. The van der Waals surface area contributed by atoms with Crippen molar-refractivity contribution >= 4 is 29.3 Å². The number of benzene rings is 1. The van der Waals surface area contributed by atoms with E-state index in [0.29, 0.717) is 17.9 Å². The third-order valence-electron chi connectivity index (χ3n) is 3.13. The first-order valence-electron chi connectivity index (χ1n) is 6.37. The first-order valence-corrected chi connectivity index (χ1v) is 6.75. The number of carbonyl (C=O) groups excluding carboxylic acids is 1. The molecule has 0 amide bonds. The largest absolute Gasteiger partial charge is 0.511 e. The highest BCUT2D eigenvalue weighted by Crippen LogP contribution is 2.35. The Morgan fingerprint density at radius 2 is 1.95 bits per heavy atom. The fourth-order valence-electron chi connectivity index (χ4n) is 2.14. The summed E-state index contributed by atoms with van der Waals surface area (Å²) in [6.07, 6.45) is 2.28. The molecule has 0 saturated carbocycles. The number of aliphatic hydroxyl groups excluding tert-OH is 1. The molecule has 106 valence electrons. The summed E-state index contributed by atoms with van der Waals surface area (Å²) >= 11 is 5.78. The number of anilines is 1. The van der Waals surface area contributed by atoms with Crippen molar-refractivity contribution in [3.63, 3.8) is 0 Å². The number of rotatable bonds is 3. The molecule has 2 N–H and O–H groups in total. The highest BCUT2D eigenvalue weighted by molar-refractivity contribution is 6.30. The number of hydrogen-bond donors (Lipinski definition) is 2. The van der Waals surface area contributed by atoms with Crippen LogP contribution in [-0.4, -0.2) is 17.1 Å². The van der Waals surface area contributed by atoms with Crippen LogP contribution in [0.5, 0.6) is 0 Å². The second-order valence-corrected chi connectivity index (χ2v) is 6.11. The van der Waals surface area contributed by atoms with Gasteiger partial charge in [0, 0.05) is 17.9 Å². The van der Waals surface area contributed by atoms with E-state index in [9.17, 15) is 9.90 Å². The zero-order chi connectivity index (χ0) is 14.8. The molecule has 0 heterocycles. The smallest absolute Gasteiger partial charge is 0.168 e. The topological polar surface area (TPSA) is 61.7 Å². The van der Waals surface area contributed by atoms with Gasteiger partial charge in [0.2, 0.25) is 0 Å². The molecule has 0 aromatic heterocycles. The van der Waals surface area contributed by atoms with Crippen LogP contribution in [0.1, 0.15) is 26.7 Å². The summed E-state index contributed by atoms with van der Waals surface area (Å²) in [5, 5.41) is 14.6. The summed E-state index contributed by atoms with van der Waals surface area (Å²) in [5.41, 5.74) is 3.64. The summed E-state index contributed by atoms with van der Waals surface area (Å²) < 4.78 is 0. The van der Waals surface area contributed by atoms with Gasteiger partial charge in [-0.05, 0) is 29.7 Å². The highest BCUT2D eigenvalue weighted by Gasteiger charge is 2.32. The van der Waals surface area contributed by atoms with E-state index in [-0.39, 0.29) is 22.5 Å². The molecule has 0 spiro atoms. The monoisotopic (exact) mass is 292 g/mol. The van der Waals surface area contributed by atoms with Crippen LogP contribution in [0, 0.1) is 5.41 Å².